The second kappa shape index (κ2) is 12.0. The van der Waals surface area contributed by atoms with E-state index < -0.39 is 41.8 Å². The highest BCUT2D eigenvalue weighted by Gasteiger charge is 2.54. The first-order valence-electron chi connectivity index (χ1n) is 10.6. The van der Waals surface area contributed by atoms with Crippen molar-refractivity contribution in [3.05, 3.63) is 46.9 Å². The summed E-state index contributed by atoms with van der Waals surface area (Å²) in [6.45, 7) is -1.27. The van der Waals surface area contributed by atoms with E-state index in [1.54, 1.807) is 31.4 Å². The molecule has 3 heterocycles. The number of carbonyl (C=O) groups excluding carboxylic acids is 3. The van der Waals surface area contributed by atoms with Gasteiger partial charge in [-0.1, -0.05) is 39.9 Å². The lowest BCUT2D eigenvalue weighted by Crippen LogP contribution is -2.71. The van der Waals surface area contributed by atoms with Crippen molar-refractivity contribution in [2.45, 2.75) is 18.0 Å². The number of hydrogen-bond donors (Lipinski definition) is 2. The van der Waals surface area contributed by atoms with Gasteiger partial charge in [-0.25, -0.2) is 9.18 Å². The van der Waals surface area contributed by atoms with Crippen LogP contribution in [0.1, 0.15) is 11.4 Å². The number of amides is 2. The summed E-state index contributed by atoms with van der Waals surface area (Å²) in [6, 6.07) is 6.09. The molecule has 1 fully saturated rings. The number of rotatable bonds is 10. The zero-order chi connectivity index (χ0) is 26.5. The van der Waals surface area contributed by atoms with Crippen LogP contribution in [0.4, 0.5) is 9.52 Å². The fourth-order valence-electron chi connectivity index (χ4n) is 3.53. The smallest absolute Gasteiger partial charge is 0.355 e. The van der Waals surface area contributed by atoms with Crippen molar-refractivity contribution in [3.8, 4) is 5.75 Å². The van der Waals surface area contributed by atoms with Crippen LogP contribution in [0, 0.1) is 0 Å². The molecule has 1 aromatic heterocycles. The van der Waals surface area contributed by atoms with Crippen LogP contribution in [0.3, 0.4) is 0 Å². The van der Waals surface area contributed by atoms with E-state index in [4.69, 9.17) is 15.2 Å². The number of ether oxygens (including phenoxy) is 2. The van der Waals surface area contributed by atoms with Gasteiger partial charge in [-0.05, 0) is 23.3 Å². The zero-order valence-corrected chi connectivity index (χ0v) is 23.0. The topological polar surface area (TPSA) is 158 Å². The number of fused-ring (bicyclic) bond motifs is 1. The molecule has 0 saturated carbocycles. The van der Waals surface area contributed by atoms with E-state index in [-0.39, 0.29) is 23.3 Å². The number of nitrogen functional groups attached to an aromatic ring is 1. The number of methoxy groups -OCH3 is 1. The van der Waals surface area contributed by atoms with E-state index in [1.165, 1.54) is 16.7 Å². The Morgan fingerprint density at radius 3 is 2.73 bits per heavy atom. The third kappa shape index (κ3) is 5.80. The molecular formula is C21H20FIN6O6S2. The van der Waals surface area contributed by atoms with Gasteiger partial charge in [-0.15, -0.1) is 11.8 Å². The highest BCUT2D eigenvalue weighted by Crippen LogP contribution is 2.41. The van der Waals surface area contributed by atoms with Gasteiger partial charge in [-0.2, -0.15) is 9.36 Å². The first kappa shape index (κ1) is 27.1. The predicted octanol–water partition coefficient (Wildman–Crippen LogP) is 1.61. The average molecular weight is 662 g/mol. The first-order chi connectivity index (χ1) is 17.9. The number of thioether (sulfide) groups is 1. The molecule has 0 radical (unpaired) electrons. The monoisotopic (exact) mass is 662 g/mol. The standard InChI is InChI=1S/C21H20FIN6O6S2/c1-33-12-4-2-10(3-5-12)7-34-20(32)15-11(6-23)8-36-19-14(18(31)29(15)19)25-17(30)13(27-35-9-22)16-26-21(24)37-28-16/h2-5,14,19H,6-9H2,1H3,(H,25,30)(H2,24,26,28)/b27-13-/t14-,19-/m1/s1. The molecule has 196 valence electrons. The molecule has 2 amide bonds. The van der Waals surface area contributed by atoms with Crippen LogP contribution in [0.15, 0.2) is 40.7 Å². The summed E-state index contributed by atoms with van der Waals surface area (Å²) in [7, 11) is 1.56. The normalized spacial score (nSPS) is 19.2. The number of halogens is 2. The van der Waals surface area contributed by atoms with Crippen molar-refractivity contribution in [1.29, 1.82) is 0 Å². The molecule has 1 saturated heterocycles. The maximum Gasteiger partial charge on any atom is 0.355 e. The molecule has 2 aliphatic rings. The zero-order valence-electron chi connectivity index (χ0n) is 19.2. The molecule has 2 aliphatic heterocycles. The van der Waals surface area contributed by atoms with Crippen molar-refractivity contribution in [3.63, 3.8) is 0 Å². The van der Waals surface area contributed by atoms with E-state index in [0.29, 0.717) is 15.9 Å². The average Bonchev–Trinajstić information content (AvgIpc) is 3.35. The molecular weight excluding hydrogens is 642 g/mol. The second-order valence-electron chi connectivity index (χ2n) is 7.51. The van der Waals surface area contributed by atoms with Crippen LogP contribution >= 0.6 is 45.9 Å². The predicted molar refractivity (Wildman–Crippen MR) is 142 cm³/mol. The van der Waals surface area contributed by atoms with Crippen LogP contribution in [0.5, 0.6) is 5.75 Å². The van der Waals surface area contributed by atoms with Gasteiger partial charge in [0.15, 0.2) is 5.13 Å². The van der Waals surface area contributed by atoms with Gasteiger partial charge in [0, 0.05) is 21.7 Å². The summed E-state index contributed by atoms with van der Waals surface area (Å²) in [5, 5.41) is 5.50. The lowest BCUT2D eigenvalue weighted by molar-refractivity contribution is -0.153. The number of alkyl halides is 2. The molecule has 16 heteroatoms. The highest BCUT2D eigenvalue weighted by atomic mass is 127. The molecule has 4 rings (SSSR count). The van der Waals surface area contributed by atoms with Gasteiger partial charge in [0.05, 0.1) is 7.11 Å². The Labute approximate surface area is 232 Å². The van der Waals surface area contributed by atoms with Gasteiger partial charge in [0.2, 0.25) is 11.5 Å². The van der Waals surface area contributed by atoms with Crippen molar-refractivity contribution in [2.24, 2.45) is 5.16 Å². The molecule has 0 unspecified atom stereocenters. The molecule has 37 heavy (non-hydrogen) atoms. The Morgan fingerprint density at radius 1 is 1.35 bits per heavy atom. The summed E-state index contributed by atoms with van der Waals surface area (Å²) in [5.41, 5.74) is 6.81. The molecule has 0 bridgehead atoms. The summed E-state index contributed by atoms with van der Waals surface area (Å²) in [5.74, 6) is -1.00. The number of carbonyl (C=O) groups is 3. The molecule has 1 aromatic carbocycles. The fraction of sp³-hybridized carbons (Fsp3) is 0.333. The van der Waals surface area contributed by atoms with Crippen molar-refractivity contribution in [1.82, 2.24) is 19.6 Å². The minimum atomic E-state index is -1.28. The first-order valence-corrected chi connectivity index (χ1v) is 13.9. The largest absolute Gasteiger partial charge is 0.497 e. The van der Waals surface area contributed by atoms with Gasteiger partial charge in [0.1, 0.15) is 29.5 Å². The number of nitrogens with zero attached hydrogens (tertiary/aromatic N) is 4. The van der Waals surface area contributed by atoms with Crippen LogP contribution < -0.4 is 15.8 Å². The van der Waals surface area contributed by atoms with Gasteiger partial charge in [-0.3, -0.25) is 14.5 Å². The van der Waals surface area contributed by atoms with Crippen LogP contribution in [-0.2, 0) is 30.6 Å². The Kier molecular flexibility index (Phi) is 8.80. The van der Waals surface area contributed by atoms with Gasteiger partial charge < -0.3 is 25.4 Å². The number of anilines is 1. The summed E-state index contributed by atoms with van der Waals surface area (Å²) < 4.78 is 27.5. The number of esters is 1. The van der Waals surface area contributed by atoms with Crippen LogP contribution in [-0.4, -0.2) is 73.3 Å². The molecule has 2 aromatic rings. The van der Waals surface area contributed by atoms with E-state index in [0.717, 1.165) is 22.7 Å². The lowest BCUT2D eigenvalue weighted by atomic mass is 10.0. The van der Waals surface area contributed by atoms with Crippen molar-refractivity contribution >= 4 is 74.5 Å². The van der Waals surface area contributed by atoms with E-state index in [9.17, 15) is 18.8 Å². The van der Waals surface area contributed by atoms with Crippen LogP contribution in [0.25, 0.3) is 0 Å². The molecule has 3 N–H and O–H groups in total. The summed E-state index contributed by atoms with van der Waals surface area (Å²) in [6.07, 6.45) is 0. The van der Waals surface area contributed by atoms with Crippen molar-refractivity contribution < 1.29 is 33.1 Å². The third-order valence-corrected chi connectivity index (χ3v) is 8.09. The molecule has 0 spiro atoms. The number of benzene rings is 1. The Morgan fingerprint density at radius 2 is 2.11 bits per heavy atom. The van der Waals surface area contributed by atoms with Gasteiger partial charge >= 0.3 is 5.97 Å². The Hall–Kier alpha value is -2.99. The van der Waals surface area contributed by atoms with Crippen LogP contribution in [0.2, 0.25) is 0 Å². The number of hydrogen-bond acceptors (Lipinski definition) is 12. The quantitative estimate of drug-likeness (QED) is 0.0957. The molecule has 12 nitrogen and oxygen atoms in total. The maximum atomic E-state index is 13.1. The molecule has 2 atom stereocenters. The number of oxime groups is 1. The number of nitrogens with two attached hydrogens (primary N) is 1. The molecule has 0 aliphatic carbocycles. The maximum absolute atomic E-state index is 13.1. The Balaban J connectivity index is 1.46. The number of β-lactam (4-membered cyclic amide) rings is 1. The Bertz CT molecular complexity index is 1260. The van der Waals surface area contributed by atoms with E-state index in [2.05, 4.69) is 47.3 Å². The van der Waals surface area contributed by atoms with E-state index >= 15 is 0 Å². The lowest BCUT2D eigenvalue weighted by Gasteiger charge is -2.49. The second-order valence-corrected chi connectivity index (χ2v) is 10.2. The number of aromatic nitrogens is 2. The fourth-order valence-corrected chi connectivity index (χ4v) is 6.30. The van der Waals surface area contributed by atoms with Gasteiger partial charge in [0.25, 0.3) is 18.7 Å². The summed E-state index contributed by atoms with van der Waals surface area (Å²) in [4.78, 5) is 48.6. The highest BCUT2D eigenvalue weighted by molar-refractivity contribution is 14.1. The van der Waals surface area contributed by atoms with E-state index in [1.807, 2.05) is 0 Å². The van der Waals surface area contributed by atoms with Crippen molar-refractivity contribution in [2.75, 3.05) is 29.9 Å². The third-order valence-electron chi connectivity index (χ3n) is 5.29. The minimum Gasteiger partial charge on any atom is -0.497 e. The number of nitrogens with one attached hydrogen (secondary N) is 1. The summed E-state index contributed by atoms with van der Waals surface area (Å²) >= 11 is 4.33. The SMILES string of the molecule is COc1ccc(COC(=O)C2=C(CI)CS[C@@H]3[C@H](NC(=O)/C(=N\OCF)c4nsc(N)n4)C(=O)N23)cc1. The minimum absolute atomic E-state index is 0.0129.